The summed E-state index contributed by atoms with van der Waals surface area (Å²) in [7, 11) is 0. The molecule has 0 spiro atoms. The number of aliphatic imine (C=N–C) groups is 1. The van der Waals surface area contributed by atoms with Crippen LogP contribution in [0.25, 0.3) is 11.4 Å². The Kier molecular flexibility index (Phi) is 4.17. The van der Waals surface area contributed by atoms with Crippen LogP contribution in [0.2, 0.25) is 5.02 Å². The minimum absolute atomic E-state index is 0.126. The summed E-state index contributed by atoms with van der Waals surface area (Å²) in [5, 5.41) is 34.5. The summed E-state index contributed by atoms with van der Waals surface area (Å²) in [6.07, 6.45) is 1.30. The fourth-order valence-corrected chi connectivity index (χ4v) is 2.22. The van der Waals surface area contributed by atoms with E-state index < -0.39 is 16.4 Å². The van der Waals surface area contributed by atoms with E-state index in [-0.39, 0.29) is 10.6 Å². The molecular formula is C14H9ClN6O3. The van der Waals surface area contributed by atoms with Gasteiger partial charge < -0.3 is 5.11 Å². The molecule has 1 aromatic heterocycles. The lowest BCUT2D eigenvalue weighted by Gasteiger charge is -2.02. The Bertz CT molecular complexity index is 926. The number of benzene rings is 2. The summed E-state index contributed by atoms with van der Waals surface area (Å²) >= 11 is 5.84. The molecule has 1 heterocycles. The molecule has 120 valence electrons. The van der Waals surface area contributed by atoms with Crippen molar-refractivity contribution in [1.29, 1.82) is 0 Å². The van der Waals surface area contributed by atoms with Gasteiger partial charge in [0.05, 0.1) is 10.6 Å². The predicted octanol–water partition coefficient (Wildman–Crippen LogP) is 2.88. The van der Waals surface area contributed by atoms with E-state index >= 15 is 0 Å². The molecule has 0 bridgehead atoms. The van der Waals surface area contributed by atoms with Crippen molar-refractivity contribution in [3.8, 4) is 17.1 Å². The van der Waals surface area contributed by atoms with Crippen molar-refractivity contribution >= 4 is 29.2 Å². The zero-order valence-corrected chi connectivity index (χ0v) is 12.7. The van der Waals surface area contributed by atoms with E-state index in [9.17, 15) is 15.2 Å². The Hall–Kier alpha value is -3.33. The highest BCUT2D eigenvalue weighted by molar-refractivity contribution is 6.31. The normalized spacial score (nSPS) is 11.0. The van der Waals surface area contributed by atoms with Crippen molar-refractivity contribution in [3.63, 3.8) is 0 Å². The quantitative estimate of drug-likeness (QED) is 0.425. The molecule has 0 fully saturated rings. The van der Waals surface area contributed by atoms with Gasteiger partial charge in [-0.3, -0.25) is 15.1 Å². The number of aromatic amines is 1. The molecule has 3 rings (SSSR count). The van der Waals surface area contributed by atoms with Gasteiger partial charge in [0.2, 0.25) is 11.6 Å². The van der Waals surface area contributed by atoms with E-state index in [0.29, 0.717) is 17.1 Å². The van der Waals surface area contributed by atoms with Crippen molar-refractivity contribution in [3.05, 3.63) is 57.1 Å². The number of nitro benzene ring substituents is 1. The van der Waals surface area contributed by atoms with Gasteiger partial charge in [0.25, 0.3) is 0 Å². The third kappa shape index (κ3) is 3.20. The number of H-pyrrole nitrogens is 1. The van der Waals surface area contributed by atoms with Gasteiger partial charge in [-0.2, -0.15) is 5.21 Å². The van der Waals surface area contributed by atoms with Crippen LogP contribution in [0.15, 0.2) is 41.4 Å². The number of phenolic OH excluding ortho intramolecular Hbond substituents is 1. The van der Waals surface area contributed by atoms with E-state index in [1.807, 2.05) is 0 Å². The van der Waals surface area contributed by atoms with E-state index in [1.165, 1.54) is 12.3 Å². The Balaban J connectivity index is 1.95. The highest BCUT2D eigenvalue weighted by atomic mass is 35.5. The number of tetrazole rings is 1. The first kappa shape index (κ1) is 15.6. The van der Waals surface area contributed by atoms with Crippen molar-refractivity contribution in [2.75, 3.05) is 0 Å². The third-order valence-corrected chi connectivity index (χ3v) is 3.30. The van der Waals surface area contributed by atoms with Crippen LogP contribution in [-0.4, -0.2) is 36.9 Å². The Labute approximate surface area is 139 Å². The minimum Gasteiger partial charge on any atom is -0.502 e. The van der Waals surface area contributed by atoms with Crippen LogP contribution in [0.3, 0.4) is 0 Å². The maximum absolute atomic E-state index is 10.9. The second kappa shape index (κ2) is 6.42. The molecule has 0 unspecified atom stereocenters. The highest BCUT2D eigenvalue weighted by Crippen LogP contribution is 2.32. The number of phenols is 1. The number of hydrogen-bond donors (Lipinski definition) is 2. The molecule has 2 aromatic carbocycles. The Morgan fingerprint density at radius 1 is 1.33 bits per heavy atom. The maximum atomic E-state index is 10.9. The Morgan fingerprint density at radius 3 is 2.88 bits per heavy atom. The highest BCUT2D eigenvalue weighted by Gasteiger charge is 2.17. The summed E-state index contributed by atoms with van der Waals surface area (Å²) in [6, 6.07) is 9.42. The molecule has 9 nitrogen and oxygen atoms in total. The number of rotatable bonds is 4. The molecule has 0 amide bonds. The first-order chi connectivity index (χ1) is 11.5. The second-order valence-corrected chi connectivity index (χ2v) is 5.10. The van der Waals surface area contributed by atoms with Crippen LogP contribution in [-0.2, 0) is 0 Å². The molecule has 24 heavy (non-hydrogen) atoms. The lowest BCUT2D eigenvalue weighted by molar-refractivity contribution is -0.385. The average Bonchev–Trinajstić information content (AvgIpc) is 3.10. The third-order valence-electron chi connectivity index (χ3n) is 3.08. The van der Waals surface area contributed by atoms with Gasteiger partial charge in [0.1, 0.15) is 0 Å². The summed E-state index contributed by atoms with van der Waals surface area (Å²) in [5.74, 6) is -0.0873. The van der Waals surface area contributed by atoms with Crippen molar-refractivity contribution in [2.24, 2.45) is 4.99 Å². The van der Waals surface area contributed by atoms with Crippen LogP contribution in [0.5, 0.6) is 5.75 Å². The molecule has 0 saturated heterocycles. The smallest absolute Gasteiger partial charge is 0.312 e. The molecule has 0 aliphatic rings. The fourth-order valence-electron chi connectivity index (χ4n) is 2.00. The number of hydrogen-bond acceptors (Lipinski definition) is 7. The van der Waals surface area contributed by atoms with Crippen molar-refractivity contribution < 1.29 is 10.0 Å². The molecule has 10 heteroatoms. The molecule has 0 atom stereocenters. The summed E-state index contributed by atoms with van der Waals surface area (Å²) in [6.45, 7) is 0. The minimum atomic E-state index is -0.713. The average molecular weight is 345 g/mol. The molecule has 0 aliphatic carbocycles. The number of aromatic hydroxyl groups is 1. The molecule has 0 saturated carbocycles. The number of halogens is 1. The SMILES string of the molecule is O=[N+]([O-])c1cc(Cl)cc(C=Nc2cccc(-c3nn[nH]n3)c2)c1O. The fraction of sp³-hybridized carbons (Fsp3) is 0. The zero-order chi connectivity index (χ0) is 17.1. The van der Waals surface area contributed by atoms with Gasteiger partial charge in [0.15, 0.2) is 0 Å². The first-order valence-corrected chi connectivity index (χ1v) is 6.97. The monoisotopic (exact) mass is 344 g/mol. The van der Waals surface area contributed by atoms with Gasteiger partial charge in [-0.15, -0.1) is 10.2 Å². The molecule has 0 radical (unpaired) electrons. The van der Waals surface area contributed by atoms with Gasteiger partial charge in [-0.25, -0.2) is 0 Å². The molecular weight excluding hydrogens is 336 g/mol. The number of aromatic nitrogens is 4. The largest absolute Gasteiger partial charge is 0.502 e. The number of nitrogens with zero attached hydrogens (tertiary/aromatic N) is 5. The molecule has 0 aliphatic heterocycles. The summed E-state index contributed by atoms with van der Waals surface area (Å²) < 4.78 is 0. The summed E-state index contributed by atoms with van der Waals surface area (Å²) in [4.78, 5) is 14.4. The van der Waals surface area contributed by atoms with Gasteiger partial charge in [-0.05, 0) is 23.4 Å². The van der Waals surface area contributed by atoms with E-state index in [2.05, 4.69) is 25.6 Å². The van der Waals surface area contributed by atoms with Crippen LogP contribution in [0.1, 0.15) is 5.56 Å². The van der Waals surface area contributed by atoms with Crippen LogP contribution in [0.4, 0.5) is 11.4 Å². The standard InChI is InChI=1S/C14H9ClN6O3/c15-10-4-9(13(22)12(6-10)21(23)24)7-16-11-3-1-2-8(5-11)14-17-19-20-18-14/h1-7,22H,(H,17,18,19,20). The molecule has 2 N–H and O–H groups in total. The van der Waals surface area contributed by atoms with Crippen molar-refractivity contribution in [2.45, 2.75) is 0 Å². The van der Waals surface area contributed by atoms with Gasteiger partial charge >= 0.3 is 5.69 Å². The van der Waals surface area contributed by atoms with E-state index in [4.69, 9.17) is 11.6 Å². The molecule has 3 aromatic rings. The van der Waals surface area contributed by atoms with Crippen LogP contribution in [0, 0.1) is 10.1 Å². The van der Waals surface area contributed by atoms with E-state index in [0.717, 1.165) is 6.07 Å². The summed E-state index contributed by atoms with van der Waals surface area (Å²) in [5.41, 5.74) is 0.891. The first-order valence-electron chi connectivity index (χ1n) is 6.59. The topological polar surface area (TPSA) is 130 Å². The van der Waals surface area contributed by atoms with Gasteiger partial charge in [0, 0.05) is 28.4 Å². The van der Waals surface area contributed by atoms with Crippen molar-refractivity contribution in [1.82, 2.24) is 20.6 Å². The van der Waals surface area contributed by atoms with Crippen LogP contribution < -0.4 is 0 Å². The zero-order valence-electron chi connectivity index (χ0n) is 11.9. The maximum Gasteiger partial charge on any atom is 0.312 e. The van der Waals surface area contributed by atoms with Crippen LogP contribution >= 0.6 is 11.6 Å². The number of nitrogens with one attached hydrogen (secondary N) is 1. The Morgan fingerprint density at radius 2 is 2.17 bits per heavy atom. The van der Waals surface area contributed by atoms with Gasteiger partial charge in [-0.1, -0.05) is 23.7 Å². The van der Waals surface area contributed by atoms with E-state index in [1.54, 1.807) is 24.3 Å². The number of nitro groups is 1. The lowest BCUT2D eigenvalue weighted by atomic mass is 10.1. The second-order valence-electron chi connectivity index (χ2n) is 4.66. The lowest BCUT2D eigenvalue weighted by Crippen LogP contribution is -1.92. The predicted molar refractivity (Wildman–Crippen MR) is 86.6 cm³/mol.